The van der Waals surface area contributed by atoms with Crippen LogP contribution in [0.4, 0.5) is 14.5 Å². The van der Waals surface area contributed by atoms with Gasteiger partial charge in [-0.3, -0.25) is 10.1 Å². The van der Waals surface area contributed by atoms with Crippen molar-refractivity contribution in [1.82, 2.24) is 4.98 Å². The lowest BCUT2D eigenvalue weighted by Crippen LogP contribution is -2.04. The lowest BCUT2D eigenvalue weighted by atomic mass is 10.2. The highest BCUT2D eigenvalue weighted by Gasteiger charge is 2.25. The lowest BCUT2D eigenvalue weighted by molar-refractivity contribution is -0.387. The van der Waals surface area contributed by atoms with E-state index in [2.05, 4.69) is 4.98 Å². The van der Waals surface area contributed by atoms with Crippen LogP contribution in [0.2, 0.25) is 0 Å². The Bertz CT molecular complexity index is 673. The third kappa shape index (κ3) is 2.89. The zero-order valence-corrected chi connectivity index (χ0v) is 11.8. The van der Waals surface area contributed by atoms with Gasteiger partial charge in [-0.15, -0.1) is 11.3 Å². The molecule has 1 aromatic heterocycles. The third-order valence-corrected chi connectivity index (χ3v) is 3.55. The average Bonchev–Trinajstić information content (AvgIpc) is 2.89. The van der Waals surface area contributed by atoms with Crippen LogP contribution in [0.25, 0.3) is 10.6 Å². The van der Waals surface area contributed by atoms with E-state index in [9.17, 15) is 18.9 Å². The zero-order valence-electron chi connectivity index (χ0n) is 11.0. The van der Waals surface area contributed by atoms with E-state index in [0.717, 1.165) is 23.5 Å². The van der Waals surface area contributed by atoms with Gasteiger partial charge in [-0.25, -0.2) is 9.37 Å². The first-order valence-electron chi connectivity index (χ1n) is 5.63. The minimum Gasteiger partial charge on any atom is -0.350 e. The van der Waals surface area contributed by atoms with E-state index in [1.807, 2.05) is 0 Å². The monoisotopic (exact) mass is 316 g/mol. The fourth-order valence-corrected chi connectivity index (χ4v) is 2.58. The molecule has 0 spiro atoms. The molecule has 1 heterocycles. The number of nitro groups is 1. The van der Waals surface area contributed by atoms with Gasteiger partial charge >= 0.3 is 5.69 Å². The van der Waals surface area contributed by atoms with Gasteiger partial charge in [0.15, 0.2) is 0 Å². The van der Waals surface area contributed by atoms with Crippen LogP contribution in [0.3, 0.4) is 0 Å². The van der Waals surface area contributed by atoms with Gasteiger partial charge in [0, 0.05) is 25.7 Å². The van der Waals surface area contributed by atoms with Crippen molar-refractivity contribution in [1.29, 1.82) is 0 Å². The second kappa shape index (κ2) is 6.20. The molecule has 0 aliphatic rings. The van der Waals surface area contributed by atoms with E-state index in [4.69, 9.17) is 9.47 Å². The summed E-state index contributed by atoms with van der Waals surface area (Å²) in [5.74, 6) is -2.18. The molecular weight excluding hydrogens is 306 g/mol. The smallest absolute Gasteiger partial charge is 0.305 e. The van der Waals surface area contributed by atoms with Crippen molar-refractivity contribution in [2.75, 3.05) is 14.2 Å². The third-order valence-electron chi connectivity index (χ3n) is 2.67. The summed E-state index contributed by atoms with van der Waals surface area (Å²) in [6.07, 6.45) is -0.778. The summed E-state index contributed by atoms with van der Waals surface area (Å²) >= 11 is 0.937. The first kappa shape index (κ1) is 15.4. The summed E-state index contributed by atoms with van der Waals surface area (Å²) in [7, 11) is 2.78. The number of rotatable bonds is 5. The highest BCUT2D eigenvalue weighted by atomic mass is 32.1. The number of hydrogen-bond donors (Lipinski definition) is 0. The average molecular weight is 316 g/mol. The summed E-state index contributed by atoms with van der Waals surface area (Å²) in [4.78, 5) is 13.8. The fraction of sp³-hybridized carbons (Fsp3) is 0.250. The molecule has 1 aromatic carbocycles. The van der Waals surface area contributed by atoms with Crippen molar-refractivity contribution in [2.45, 2.75) is 6.29 Å². The molecule has 0 saturated heterocycles. The van der Waals surface area contributed by atoms with Crippen molar-refractivity contribution in [3.63, 3.8) is 0 Å². The highest BCUT2D eigenvalue weighted by molar-refractivity contribution is 7.13. The molecular formula is C12H10F2N2O4S. The Hall–Kier alpha value is -1.97. The maximum Gasteiger partial charge on any atom is 0.305 e. The van der Waals surface area contributed by atoms with Crippen LogP contribution in [-0.2, 0) is 9.47 Å². The van der Waals surface area contributed by atoms with E-state index in [1.165, 1.54) is 19.6 Å². The van der Waals surface area contributed by atoms with Gasteiger partial charge in [0.25, 0.3) is 0 Å². The van der Waals surface area contributed by atoms with Gasteiger partial charge < -0.3 is 9.47 Å². The van der Waals surface area contributed by atoms with Gasteiger partial charge in [0.1, 0.15) is 16.5 Å². The summed E-state index contributed by atoms with van der Waals surface area (Å²) in [6.45, 7) is 0. The minimum atomic E-state index is -1.26. The van der Waals surface area contributed by atoms with Crippen LogP contribution in [0.5, 0.6) is 0 Å². The Labute approximate surface area is 122 Å². The summed E-state index contributed by atoms with van der Waals surface area (Å²) in [5, 5.41) is 12.2. The van der Waals surface area contributed by atoms with Gasteiger partial charge in [-0.2, -0.15) is 4.39 Å². The molecule has 9 heteroatoms. The molecule has 0 fully saturated rings. The Morgan fingerprint density at radius 3 is 2.57 bits per heavy atom. The highest BCUT2D eigenvalue weighted by Crippen LogP contribution is 2.34. The van der Waals surface area contributed by atoms with Crippen molar-refractivity contribution < 1.29 is 23.2 Å². The normalized spacial score (nSPS) is 11.1. The number of methoxy groups -OCH3 is 2. The molecule has 0 bridgehead atoms. The Kier molecular flexibility index (Phi) is 4.56. The molecule has 2 rings (SSSR count). The predicted molar refractivity (Wildman–Crippen MR) is 70.9 cm³/mol. The summed E-state index contributed by atoms with van der Waals surface area (Å²) in [6, 6.07) is 1.61. The second-order valence-electron chi connectivity index (χ2n) is 3.89. The molecule has 112 valence electrons. The van der Waals surface area contributed by atoms with E-state index in [-0.39, 0.29) is 5.01 Å². The van der Waals surface area contributed by atoms with Crippen LogP contribution in [-0.4, -0.2) is 24.1 Å². The molecule has 0 atom stereocenters. The number of halogens is 2. The van der Waals surface area contributed by atoms with Gasteiger partial charge in [-0.1, -0.05) is 0 Å². The van der Waals surface area contributed by atoms with Crippen LogP contribution >= 0.6 is 11.3 Å². The number of nitrogens with zero attached hydrogens (tertiary/aromatic N) is 2. The molecule has 0 aliphatic heterocycles. The van der Waals surface area contributed by atoms with Crippen molar-refractivity contribution in [3.8, 4) is 10.6 Å². The maximum atomic E-state index is 14.1. The van der Waals surface area contributed by atoms with Gasteiger partial charge in [-0.05, 0) is 6.07 Å². The molecule has 21 heavy (non-hydrogen) atoms. The quantitative estimate of drug-likeness (QED) is 0.481. The lowest BCUT2D eigenvalue weighted by Gasteiger charge is -2.09. The summed E-state index contributed by atoms with van der Waals surface area (Å²) in [5.41, 5.74) is -1.02. The first-order valence-corrected chi connectivity index (χ1v) is 6.51. The van der Waals surface area contributed by atoms with E-state index < -0.39 is 34.1 Å². The number of nitro benzene ring substituents is 1. The zero-order chi connectivity index (χ0) is 15.6. The number of hydrogen-bond acceptors (Lipinski definition) is 6. The largest absolute Gasteiger partial charge is 0.350 e. The molecule has 0 N–H and O–H groups in total. The minimum absolute atomic E-state index is 0.0252. The summed E-state index contributed by atoms with van der Waals surface area (Å²) < 4.78 is 37.8. The number of thiazole rings is 1. The van der Waals surface area contributed by atoms with Crippen LogP contribution in [0.15, 0.2) is 17.5 Å². The topological polar surface area (TPSA) is 74.5 Å². The molecule has 0 amide bonds. The Morgan fingerprint density at radius 2 is 2.00 bits per heavy atom. The van der Waals surface area contributed by atoms with Gasteiger partial charge in [0.05, 0.1) is 10.5 Å². The van der Waals surface area contributed by atoms with Crippen LogP contribution in [0.1, 0.15) is 12.0 Å². The number of ether oxygens (including phenoxy) is 2. The van der Waals surface area contributed by atoms with E-state index >= 15 is 0 Å². The molecule has 0 aliphatic carbocycles. The fourth-order valence-electron chi connectivity index (χ4n) is 1.73. The van der Waals surface area contributed by atoms with Gasteiger partial charge in [0.2, 0.25) is 12.1 Å². The van der Waals surface area contributed by atoms with Crippen LogP contribution in [0, 0.1) is 21.7 Å². The molecule has 2 aromatic rings. The molecule has 6 nitrogen and oxygen atoms in total. The molecule has 0 unspecified atom stereocenters. The van der Waals surface area contributed by atoms with Crippen molar-refractivity contribution >= 4 is 17.0 Å². The predicted octanol–water partition coefficient (Wildman–Crippen LogP) is 3.29. The molecule has 0 saturated carbocycles. The SMILES string of the molecule is COC(OC)c1csc(-c2c(F)ccc([N+](=O)[O-])c2F)n1. The van der Waals surface area contributed by atoms with E-state index in [1.54, 1.807) is 0 Å². The first-order chi connectivity index (χ1) is 9.99. The van der Waals surface area contributed by atoms with Crippen LogP contribution < -0.4 is 0 Å². The number of benzene rings is 1. The van der Waals surface area contributed by atoms with Crippen molar-refractivity contribution in [3.05, 3.63) is 45.0 Å². The standard InChI is InChI=1S/C12H10F2N2O4S/c1-19-12(20-2)7-5-21-11(15-7)9-6(13)3-4-8(10(9)14)16(17)18/h3-5,12H,1-2H3. The van der Waals surface area contributed by atoms with Crippen molar-refractivity contribution in [2.24, 2.45) is 0 Å². The Balaban J connectivity index is 2.52. The maximum absolute atomic E-state index is 14.1. The number of aromatic nitrogens is 1. The molecule has 0 radical (unpaired) electrons. The second-order valence-corrected chi connectivity index (χ2v) is 4.75. The van der Waals surface area contributed by atoms with E-state index in [0.29, 0.717) is 5.69 Å². The Morgan fingerprint density at radius 1 is 1.33 bits per heavy atom.